The molecule has 0 aliphatic heterocycles. The Morgan fingerprint density at radius 3 is 2.83 bits per heavy atom. The molecule has 0 aliphatic rings. The molecule has 1 heterocycles. The lowest BCUT2D eigenvalue weighted by atomic mass is 10.1. The number of carbonyl (C=O) groups excluding carboxylic acids is 1. The Kier molecular flexibility index (Phi) is 3.63. The summed E-state index contributed by atoms with van der Waals surface area (Å²) in [5.41, 5.74) is 3.24. The van der Waals surface area contributed by atoms with Crippen LogP contribution in [0.3, 0.4) is 0 Å². The van der Waals surface area contributed by atoms with E-state index in [2.05, 4.69) is 11.7 Å². The minimum absolute atomic E-state index is 0.515. The first-order valence-corrected chi connectivity index (χ1v) is 5.94. The Hall–Kier alpha value is -1.87. The zero-order chi connectivity index (χ0) is 13.1. The first-order chi connectivity index (χ1) is 8.65. The molecule has 3 nitrogen and oxygen atoms in total. The van der Waals surface area contributed by atoms with E-state index in [4.69, 9.17) is 11.6 Å². The molecule has 0 aliphatic carbocycles. The molecule has 1 aromatic carbocycles. The number of aromatic nitrogens is 2. The molecule has 0 saturated heterocycles. The summed E-state index contributed by atoms with van der Waals surface area (Å²) in [5, 5.41) is 5.10. The van der Waals surface area contributed by atoms with Crippen LogP contribution in [0.1, 0.15) is 16.1 Å². The Morgan fingerprint density at radius 1 is 1.44 bits per heavy atom. The van der Waals surface area contributed by atoms with Crippen LogP contribution in [-0.4, -0.2) is 16.1 Å². The Labute approximate surface area is 111 Å². The summed E-state index contributed by atoms with van der Waals surface area (Å²) in [7, 11) is 0. The van der Waals surface area contributed by atoms with Gasteiger partial charge in [-0.3, -0.25) is 9.48 Å². The van der Waals surface area contributed by atoms with E-state index >= 15 is 0 Å². The van der Waals surface area contributed by atoms with Gasteiger partial charge >= 0.3 is 0 Å². The van der Waals surface area contributed by atoms with Crippen LogP contribution in [0.4, 0.5) is 0 Å². The first kappa shape index (κ1) is 12.6. The van der Waals surface area contributed by atoms with Crippen molar-refractivity contribution in [3.05, 3.63) is 53.2 Å². The normalized spacial score (nSPS) is 10.3. The summed E-state index contributed by atoms with van der Waals surface area (Å²) in [5.74, 6) is 0. The van der Waals surface area contributed by atoms with Crippen molar-refractivity contribution in [1.29, 1.82) is 0 Å². The third-order valence-corrected chi connectivity index (χ3v) is 3.11. The number of nitrogens with zero attached hydrogens (tertiary/aromatic N) is 2. The van der Waals surface area contributed by atoms with Crippen molar-refractivity contribution in [2.45, 2.75) is 13.5 Å². The van der Waals surface area contributed by atoms with Crippen LogP contribution < -0.4 is 0 Å². The van der Waals surface area contributed by atoms with Crippen LogP contribution in [0.25, 0.3) is 11.3 Å². The predicted molar refractivity (Wildman–Crippen MR) is 73.0 cm³/mol. The van der Waals surface area contributed by atoms with Gasteiger partial charge in [0.1, 0.15) is 5.69 Å². The van der Waals surface area contributed by atoms with Crippen molar-refractivity contribution in [2.75, 3.05) is 0 Å². The van der Waals surface area contributed by atoms with Crippen molar-refractivity contribution in [2.24, 2.45) is 0 Å². The third-order valence-electron chi connectivity index (χ3n) is 2.69. The maximum Gasteiger partial charge on any atom is 0.168 e. The van der Waals surface area contributed by atoms with Crippen molar-refractivity contribution in [1.82, 2.24) is 9.78 Å². The van der Waals surface area contributed by atoms with E-state index in [9.17, 15) is 4.79 Å². The molecule has 1 aromatic heterocycles. The van der Waals surface area contributed by atoms with Crippen LogP contribution in [0.15, 0.2) is 36.9 Å². The van der Waals surface area contributed by atoms with Crippen molar-refractivity contribution >= 4 is 17.9 Å². The van der Waals surface area contributed by atoms with Crippen LogP contribution in [0.2, 0.25) is 5.02 Å². The van der Waals surface area contributed by atoms with Gasteiger partial charge in [-0.25, -0.2) is 0 Å². The summed E-state index contributed by atoms with van der Waals surface area (Å²) in [6.45, 7) is 6.10. The maximum absolute atomic E-state index is 11.0. The average Bonchev–Trinajstić information content (AvgIpc) is 2.76. The first-order valence-electron chi connectivity index (χ1n) is 5.56. The second-order valence-electron chi connectivity index (χ2n) is 4.01. The van der Waals surface area contributed by atoms with E-state index < -0.39 is 0 Å². The minimum Gasteiger partial charge on any atom is -0.296 e. The van der Waals surface area contributed by atoms with E-state index in [0.29, 0.717) is 12.2 Å². The van der Waals surface area contributed by atoms with Crippen LogP contribution >= 0.6 is 11.6 Å². The summed E-state index contributed by atoms with van der Waals surface area (Å²) in [4.78, 5) is 11.0. The molecule has 0 atom stereocenters. The van der Waals surface area contributed by atoms with Gasteiger partial charge in [-0.15, -0.1) is 6.58 Å². The lowest BCUT2D eigenvalue weighted by molar-refractivity contribution is 0.111. The predicted octanol–water partition coefficient (Wildman–Crippen LogP) is 3.51. The fourth-order valence-electron chi connectivity index (χ4n) is 1.74. The van der Waals surface area contributed by atoms with Gasteiger partial charge in [0.25, 0.3) is 0 Å². The molecule has 0 fully saturated rings. The summed E-state index contributed by atoms with van der Waals surface area (Å²) in [6, 6.07) is 7.44. The van der Waals surface area contributed by atoms with E-state index in [1.807, 2.05) is 25.1 Å². The van der Waals surface area contributed by atoms with E-state index in [1.165, 1.54) is 0 Å². The number of aryl methyl sites for hydroxylation is 1. The Bertz CT molecular complexity index is 602. The molecule has 0 amide bonds. The van der Waals surface area contributed by atoms with Gasteiger partial charge in [0.2, 0.25) is 0 Å². The molecule has 0 saturated carbocycles. The number of rotatable bonds is 4. The SMILES string of the molecule is C=CCn1nc(-c2ccc(Cl)c(C)c2)cc1C=O. The highest BCUT2D eigenvalue weighted by atomic mass is 35.5. The number of hydrogen-bond donors (Lipinski definition) is 0. The summed E-state index contributed by atoms with van der Waals surface area (Å²) < 4.78 is 1.62. The number of carbonyl (C=O) groups is 1. The lowest BCUT2D eigenvalue weighted by Gasteiger charge is -2.01. The maximum atomic E-state index is 11.0. The molecule has 2 aromatic rings. The highest BCUT2D eigenvalue weighted by Crippen LogP contribution is 2.24. The molecule has 2 rings (SSSR count). The molecule has 0 spiro atoms. The highest BCUT2D eigenvalue weighted by molar-refractivity contribution is 6.31. The number of aldehydes is 1. The van der Waals surface area contributed by atoms with E-state index in [-0.39, 0.29) is 0 Å². The van der Waals surface area contributed by atoms with E-state index in [1.54, 1.807) is 16.8 Å². The molecule has 0 N–H and O–H groups in total. The molecule has 0 radical (unpaired) electrons. The molecule has 92 valence electrons. The number of halogens is 1. The van der Waals surface area contributed by atoms with Gasteiger partial charge in [0.05, 0.1) is 12.2 Å². The molecular formula is C14H13ClN2O. The fraction of sp³-hybridized carbons (Fsp3) is 0.143. The summed E-state index contributed by atoms with van der Waals surface area (Å²) in [6.07, 6.45) is 2.50. The number of hydrogen-bond acceptors (Lipinski definition) is 2. The smallest absolute Gasteiger partial charge is 0.168 e. The highest BCUT2D eigenvalue weighted by Gasteiger charge is 2.09. The lowest BCUT2D eigenvalue weighted by Crippen LogP contribution is -2.01. The molecular weight excluding hydrogens is 248 g/mol. The van der Waals surface area contributed by atoms with Crippen LogP contribution in [0.5, 0.6) is 0 Å². The van der Waals surface area contributed by atoms with Gasteiger partial charge in [0.15, 0.2) is 6.29 Å². The van der Waals surface area contributed by atoms with Gasteiger partial charge < -0.3 is 0 Å². The standard InChI is InChI=1S/C14H13ClN2O/c1-3-6-17-12(9-18)8-14(16-17)11-4-5-13(15)10(2)7-11/h3-5,7-9H,1,6H2,2H3. The Balaban J connectivity index is 2.46. The topological polar surface area (TPSA) is 34.9 Å². The fourth-order valence-corrected chi connectivity index (χ4v) is 1.86. The van der Waals surface area contributed by atoms with Crippen molar-refractivity contribution in [3.63, 3.8) is 0 Å². The number of allylic oxidation sites excluding steroid dienone is 1. The molecule has 18 heavy (non-hydrogen) atoms. The summed E-state index contributed by atoms with van der Waals surface area (Å²) >= 11 is 5.99. The monoisotopic (exact) mass is 260 g/mol. The minimum atomic E-state index is 0.515. The zero-order valence-electron chi connectivity index (χ0n) is 10.1. The quantitative estimate of drug-likeness (QED) is 0.623. The van der Waals surface area contributed by atoms with Gasteiger partial charge in [-0.1, -0.05) is 23.7 Å². The van der Waals surface area contributed by atoms with Gasteiger partial charge in [0, 0.05) is 10.6 Å². The molecule has 0 unspecified atom stereocenters. The van der Waals surface area contributed by atoms with E-state index in [0.717, 1.165) is 28.1 Å². The van der Waals surface area contributed by atoms with Crippen molar-refractivity contribution in [3.8, 4) is 11.3 Å². The second kappa shape index (κ2) is 5.19. The zero-order valence-corrected chi connectivity index (χ0v) is 10.8. The third kappa shape index (κ3) is 2.36. The number of benzene rings is 1. The molecule has 0 bridgehead atoms. The second-order valence-corrected chi connectivity index (χ2v) is 4.41. The molecule has 4 heteroatoms. The Morgan fingerprint density at radius 2 is 2.22 bits per heavy atom. The van der Waals surface area contributed by atoms with Crippen LogP contribution in [0, 0.1) is 6.92 Å². The largest absolute Gasteiger partial charge is 0.296 e. The van der Waals surface area contributed by atoms with Gasteiger partial charge in [-0.2, -0.15) is 5.10 Å². The van der Waals surface area contributed by atoms with Gasteiger partial charge in [-0.05, 0) is 30.7 Å². The average molecular weight is 261 g/mol. The van der Waals surface area contributed by atoms with Crippen LogP contribution in [-0.2, 0) is 6.54 Å². The van der Waals surface area contributed by atoms with Crippen molar-refractivity contribution < 1.29 is 4.79 Å².